The average Bonchev–Trinajstić information content (AvgIpc) is 2.48. The third-order valence-corrected chi connectivity index (χ3v) is 5.99. The lowest BCUT2D eigenvalue weighted by Crippen LogP contribution is -2.41. The molecule has 1 aliphatic carbocycles. The molecule has 1 N–H and O–H groups in total. The van der Waals surface area contributed by atoms with E-state index in [1.54, 1.807) is 0 Å². The molecule has 0 spiro atoms. The Labute approximate surface area is 128 Å². The topological polar surface area (TPSA) is 32.3 Å². The molecule has 2 aliphatic rings. The summed E-state index contributed by atoms with van der Waals surface area (Å²) in [4.78, 5) is 14.3. The van der Waals surface area contributed by atoms with Crippen molar-refractivity contribution >= 4 is 17.7 Å². The number of rotatable bonds is 6. The number of nitrogens with one attached hydrogen (secondary N) is 1. The van der Waals surface area contributed by atoms with Crippen molar-refractivity contribution < 1.29 is 4.79 Å². The summed E-state index contributed by atoms with van der Waals surface area (Å²) in [6, 6.07) is 0. The van der Waals surface area contributed by atoms with Gasteiger partial charge in [-0.25, -0.2) is 0 Å². The Balaban J connectivity index is 1.50. The van der Waals surface area contributed by atoms with Crippen molar-refractivity contribution in [3.05, 3.63) is 0 Å². The van der Waals surface area contributed by atoms with Crippen LogP contribution in [0.4, 0.5) is 0 Å². The number of likely N-dealkylation sites (tertiary alicyclic amines) is 1. The maximum Gasteiger partial charge on any atom is 0.224 e. The van der Waals surface area contributed by atoms with E-state index < -0.39 is 0 Å². The molecular formula is C16H30N2OS. The van der Waals surface area contributed by atoms with Crippen molar-refractivity contribution in [3.8, 4) is 0 Å². The van der Waals surface area contributed by atoms with E-state index in [2.05, 4.69) is 29.0 Å². The highest BCUT2D eigenvalue weighted by Gasteiger charge is 2.23. The number of piperidine rings is 1. The minimum atomic E-state index is 0.222. The van der Waals surface area contributed by atoms with Gasteiger partial charge in [0.2, 0.25) is 5.91 Å². The Morgan fingerprint density at radius 1 is 1.20 bits per heavy atom. The first kappa shape index (κ1) is 16.2. The van der Waals surface area contributed by atoms with Crippen molar-refractivity contribution in [2.45, 2.75) is 56.6 Å². The van der Waals surface area contributed by atoms with E-state index in [1.165, 1.54) is 37.9 Å². The Hall–Kier alpha value is -0.220. The van der Waals surface area contributed by atoms with Gasteiger partial charge in [-0.3, -0.25) is 4.79 Å². The van der Waals surface area contributed by atoms with Crippen LogP contribution in [0.25, 0.3) is 0 Å². The fourth-order valence-electron chi connectivity index (χ4n) is 3.29. The lowest BCUT2D eigenvalue weighted by atomic mass is 9.98. The van der Waals surface area contributed by atoms with Crippen molar-refractivity contribution in [3.63, 3.8) is 0 Å². The van der Waals surface area contributed by atoms with Gasteiger partial charge in [-0.15, -0.1) is 0 Å². The van der Waals surface area contributed by atoms with Crippen LogP contribution in [0.5, 0.6) is 0 Å². The normalized spacial score (nSPS) is 25.6. The number of thioether (sulfide) groups is 1. The van der Waals surface area contributed by atoms with Gasteiger partial charge in [-0.05, 0) is 51.4 Å². The minimum absolute atomic E-state index is 0.222. The molecule has 2 fully saturated rings. The fourth-order valence-corrected chi connectivity index (χ4v) is 4.60. The van der Waals surface area contributed by atoms with Gasteiger partial charge in [0.25, 0.3) is 0 Å². The van der Waals surface area contributed by atoms with Crippen LogP contribution in [0.3, 0.4) is 0 Å². The molecule has 0 aromatic carbocycles. The van der Waals surface area contributed by atoms with E-state index in [9.17, 15) is 4.79 Å². The first-order valence-electron chi connectivity index (χ1n) is 8.33. The predicted octanol–water partition coefficient (Wildman–Crippen LogP) is 2.90. The third-order valence-electron chi connectivity index (χ3n) is 4.52. The highest BCUT2D eigenvalue weighted by atomic mass is 32.2. The largest absolute Gasteiger partial charge is 0.356 e. The lowest BCUT2D eigenvalue weighted by molar-refractivity contribution is -0.126. The van der Waals surface area contributed by atoms with Crippen LogP contribution in [0.2, 0.25) is 0 Å². The molecule has 2 rings (SSSR count). The molecule has 0 aromatic heterocycles. The Morgan fingerprint density at radius 3 is 2.75 bits per heavy atom. The van der Waals surface area contributed by atoms with Crippen LogP contribution >= 0.6 is 11.8 Å². The molecule has 3 nitrogen and oxygen atoms in total. The highest BCUT2D eigenvalue weighted by Crippen LogP contribution is 2.28. The van der Waals surface area contributed by atoms with Crippen LogP contribution < -0.4 is 5.32 Å². The second-order valence-electron chi connectivity index (χ2n) is 6.38. The van der Waals surface area contributed by atoms with Gasteiger partial charge in [0.1, 0.15) is 0 Å². The number of amides is 1. The van der Waals surface area contributed by atoms with E-state index in [-0.39, 0.29) is 11.8 Å². The van der Waals surface area contributed by atoms with Crippen LogP contribution in [0.15, 0.2) is 0 Å². The molecule has 4 heteroatoms. The van der Waals surface area contributed by atoms with Crippen LogP contribution in [-0.4, -0.2) is 48.5 Å². The van der Waals surface area contributed by atoms with E-state index >= 15 is 0 Å². The van der Waals surface area contributed by atoms with E-state index in [0.29, 0.717) is 0 Å². The number of nitrogens with zero attached hydrogens (tertiary/aromatic N) is 1. The fraction of sp³-hybridized carbons (Fsp3) is 0.938. The quantitative estimate of drug-likeness (QED) is 0.765. The number of carbonyl (C=O) groups excluding carboxylic acids is 1. The van der Waals surface area contributed by atoms with E-state index in [0.717, 1.165) is 44.1 Å². The van der Waals surface area contributed by atoms with Gasteiger partial charge >= 0.3 is 0 Å². The number of carbonyl (C=O) groups is 1. The summed E-state index contributed by atoms with van der Waals surface area (Å²) in [5.74, 6) is 1.70. The minimum Gasteiger partial charge on any atom is -0.356 e. The van der Waals surface area contributed by atoms with Gasteiger partial charge in [0, 0.05) is 18.3 Å². The van der Waals surface area contributed by atoms with Gasteiger partial charge in [-0.1, -0.05) is 19.3 Å². The van der Waals surface area contributed by atoms with Crippen molar-refractivity contribution in [2.75, 3.05) is 32.4 Å². The molecule has 1 saturated heterocycles. The second kappa shape index (κ2) is 8.93. The maximum atomic E-state index is 12.1. The number of hydrogen-bond acceptors (Lipinski definition) is 3. The molecule has 1 amide bonds. The highest BCUT2D eigenvalue weighted by molar-refractivity contribution is 7.99. The van der Waals surface area contributed by atoms with Gasteiger partial charge in [0.05, 0.1) is 5.92 Å². The molecule has 0 radical (unpaired) electrons. The summed E-state index contributed by atoms with van der Waals surface area (Å²) in [6.45, 7) is 2.93. The summed E-state index contributed by atoms with van der Waals surface area (Å²) in [7, 11) is 2.11. The van der Waals surface area contributed by atoms with Gasteiger partial charge in [-0.2, -0.15) is 11.8 Å². The van der Waals surface area contributed by atoms with Gasteiger partial charge < -0.3 is 10.2 Å². The molecule has 1 saturated carbocycles. The standard InChI is InChI=1S/C16H30N2OS/c1-18-11-5-7-14(13-18)16(19)17-10-6-12-20-15-8-3-2-4-9-15/h14-15H,2-13H2,1H3,(H,17,19)/t14-/m1/s1. The molecule has 1 heterocycles. The average molecular weight is 298 g/mol. The molecule has 116 valence electrons. The first-order valence-corrected chi connectivity index (χ1v) is 9.38. The summed E-state index contributed by atoms with van der Waals surface area (Å²) >= 11 is 2.13. The summed E-state index contributed by atoms with van der Waals surface area (Å²) in [5, 5.41) is 4.03. The predicted molar refractivity (Wildman–Crippen MR) is 87.2 cm³/mol. The van der Waals surface area contributed by atoms with E-state index in [4.69, 9.17) is 0 Å². The summed E-state index contributed by atoms with van der Waals surface area (Å²) in [6.07, 6.45) is 10.4. The zero-order valence-electron chi connectivity index (χ0n) is 12.9. The molecule has 0 bridgehead atoms. The van der Waals surface area contributed by atoms with Crippen molar-refractivity contribution in [2.24, 2.45) is 5.92 Å². The molecular weight excluding hydrogens is 268 g/mol. The Morgan fingerprint density at radius 2 is 2.00 bits per heavy atom. The SMILES string of the molecule is CN1CCC[C@@H](C(=O)NCCCSC2CCCCC2)C1. The molecule has 0 aromatic rings. The molecule has 1 aliphatic heterocycles. The molecule has 1 atom stereocenters. The van der Waals surface area contributed by atoms with Crippen LogP contribution in [0, 0.1) is 5.92 Å². The smallest absolute Gasteiger partial charge is 0.224 e. The third kappa shape index (κ3) is 5.65. The van der Waals surface area contributed by atoms with Crippen molar-refractivity contribution in [1.29, 1.82) is 0 Å². The zero-order valence-corrected chi connectivity index (χ0v) is 13.7. The molecule has 20 heavy (non-hydrogen) atoms. The Bertz CT molecular complexity index is 292. The van der Waals surface area contributed by atoms with Crippen LogP contribution in [-0.2, 0) is 4.79 Å². The first-order chi connectivity index (χ1) is 9.75. The molecule has 0 unspecified atom stereocenters. The zero-order chi connectivity index (χ0) is 14.2. The van der Waals surface area contributed by atoms with E-state index in [1.807, 2.05) is 0 Å². The monoisotopic (exact) mass is 298 g/mol. The number of hydrogen-bond donors (Lipinski definition) is 1. The summed E-state index contributed by atoms with van der Waals surface area (Å²) < 4.78 is 0. The van der Waals surface area contributed by atoms with Gasteiger partial charge in [0.15, 0.2) is 0 Å². The Kier molecular flexibility index (Phi) is 7.22. The van der Waals surface area contributed by atoms with Crippen LogP contribution in [0.1, 0.15) is 51.4 Å². The maximum absolute atomic E-state index is 12.1. The summed E-state index contributed by atoms with van der Waals surface area (Å²) in [5.41, 5.74) is 0. The second-order valence-corrected chi connectivity index (χ2v) is 7.79. The lowest BCUT2D eigenvalue weighted by Gasteiger charge is -2.28. The van der Waals surface area contributed by atoms with Crippen molar-refractivity contribution in [1.82, 2.24) is 10.2 Å².